The van der Waals surface area contributed by atoms with Crippen LogP contribution in [0.2, 0.25) is 25.7 Å². The number of ether oxygens (including phenoxy) is 1. The number of rotatable bonds is 12. The van der Waals surface area contributed by atoms with Crippen molar-refractivity contribution in [1.29, 1.82) is 0 Å². The molecule has 0 aliphatic rings. The predicted molar refractivity (Wildman–Crippen MR) is 144 cm³/mol. The molecule has 1 aromatic heterocycles. The van der Waals surface area contributed by atoms with Crippen LogP contribution in [0.5, 0.6) is 0 Å². The Hall–Kier alpha value is -2.95. The molecule has 0 aliphatic carbocycles. The summed E-state index contributed by atoms with van der Waals surface area (Å²) in [6.07, 6.45) is 0.523. The zero-order chi connectivity index (χ0) is 26.3. The van der Waals surface area contributed by atoms with Crippen LogP contribution >= 0.6 is 0 Å². The molecule has 0 amide bonds. The highest BCUT2D eigenvalue weighted by Gasteiger charge is 2.27. The molecule has 0 bridgehead atoms. The van der Waals surface area contributed by atoms with Crippen LogP contribution in [0.4, 0.5) is 0 Å². The number of methoxy groups -OCH3 is 1. The molecule has 10 heteroatoms. The van der Waals surface area contributed by atoms with Crippen LogP contribution in [0.15, 0.2) is 69.9 Å². The molecule has 0 aliphatic heterocycles. The quantitative estimate of drug-likeness (QED) is 0.275. The maximum atomic E-state index is 12.9. The van der Waals surface area contributed by atoms with Crippen molar-refractivity contribution in [2.45, 2.75) is 51.1 Å². The minimum absolute atomic E-state index is 0.0317. The van der Waals surface area contributed by atoms with Gasteiger partial charge in [0.25, 0.3) is 0 Å². The molecular formula is C26H34N2O6SSi. The Bertz CT molecular complexity index is 1310. The van der Waals surface area contributed by atoms with Crippen LogP contribution in [0.3, 0.4) is 0 Å². The smallest absolute Gasteiger partial charge is 0.419 e. The van der Waals surface area contributed by atoms with E-state index in [9.17, 15) is 18.0 Å². The van der Waals surface area contributed by atoms with E-state index in [4.69, 9.17) is 9.15 Å². The van der Waals surface area contributed by atoms with Crippen LogP contribution in [-0.4, -0.2) is 45.9 Å². The first-order valence-electron chi connectivity index (χ1n) is 11.9. The van der Waals surface area contributed by atoms with Gasteiger partial charge in [-0.3, -0.25) is 9.36 Å². The molecule has 0 saturated heterocycles. The van der Waals surface area contributed by atoms with Gasteiger partial charge in [0.05, 0.1) is 18.6 Å². The molecule has 8 nitrogen and oxygen atoms in total. The largest absolute Gasteiger partial charge is 0.468 e. The summed E-state index contributed by atoms with van der Waals surface area (Å²) >= 11 is 0. The maximum Gasteiger partial charge on any atom is 0.419 e. The van der Waals surface area contributed by atoms with Gasteiger partial charge in [0.15, 0.2) is 5.76 Å². The number of oxazole rings is 1. The van der Waals surface area contributed by atoms with Crippen LogP contribution in [-0.2, 0) is 26.1 Å². The van der Waals surface area contributed by atoms with Gasteiger partial charge in [0.2, 0.25) is 10.0 Å². The fourth-order valence-corrected chi connectivity index (χ4v) is 8.10. The lowest BCUT2D eigenvalue weighted by Gasteiger charge is -2.19. The number of hydrogen-bond donors (Lipinski definition) is 1. The Labute approximate surface area is 213 Å². The van der Waals surface area contributed by atoms with Gasteiger partial charge in [-0.05, 0) is 18.9 Å². The van der Waals surface area contributed by atoms with Gasteiger partial charge in [0.1, 0.15) is 6.04 Å². The predicted octanol–water partition coefficient (Wildman–Crippen LogP) is 4.35. The lowest BCUT2D eigenvalue weighted by Crippen LogP contribution is -2.43. The van der Waals surface area contributed by atoms with E-state index < -0.39 is 35.9 Å². The van der Waals surface area contributed by atoms with Crippen molar-refractivity contribution >= 4 is 24.1 Å². The zero-order valence-corrected chi connectivity index (χ0v) is 23.0. The fourth-order valence-electron chi connectivity index (χ4n) is 3.81. The lowest BCUT2D eigenvalue weighted by atomic mass is 10.1. The first-order valence-corrected chi connectivity index (χ1v) is 17.3. The second kappa shape index (κ2) is 11.9. The van der Waals surface area contributed by atoms with Crippen molar-refractivity contribution in [2.75, 3.05) is 12.9 Å². The summed E-state index contributed by atoms with van der Waals surface area (Å²) in [7, 11) is -4.01. The van der Waals surface area contributed by atoms with Gasteiger partial charge in [-0.2, -0.15) is 0 Å². The molecule has 0 radical (unpaired) electrons. The monoisotopic (exact) mass is 530 g/mol. The zero-order valence-electron chi connectivity index (χ0n) is 21.2. The number of esters is 1. The Morgan fingerprint density at radius 1 is 1.03 bits per heavy atom. The summed E-state index contributed by atoms with van der Waals surface area (Å²) in [4.78, 5) is 25.2. The van der Waals surface area contributed by atoms with E-state index in [0.717, 1.165) is 11.1 Å². The van der Waals surface area contributed by atoms with E-state index in [-0.39, 0.29) is 18.7 Å². The van der Waals surface area contributed by atoms with E-state index in [1.807, 2.05) is 60.7 Å². The number of benzene rings is 2. The number of nitrogens with zero attached hydrogens (tertiary/aromatic N) is 1. The van der Waals surface area contributed by atoms with Crippen molar-refractivity contribution in [2.24, 2.45) is 0 Å². The van der Waals surface area contributed by atoms with Gasteiger partial charge in [-0.25, -0.2) is 17.9 Å². The topological polar surface area (TPSA) is 108 Å². The Morgan fingerprint density at radius 3 is 2.17 bits per heavy atom. The second-order valence-corrected chi connectivity index (χ2v) is 17.4. The summed E-state index contributed by atoms with van der Waals surface area (Å²) in [5, 5.41) is 0. The van der Waals surface area contributed by atoms with Gasteiger partial charge in [-0.1, -0.05) is 80.3 Å². The van der Waals surface area contributed by atoms with E-state index in [0.29, 0.717) is 23.9 Å². The third kappa shape index (κ3) is 7.52. The van der Waals surface area contributed by atoms with Crippen LogP contribution in [0.1, 0.15) is 12.8 Å². The SMILES string of the molecule is COC(=O)[C@H](CCCn1c(-c2ccccc2)c(-c2ccccc2)oc1=O)NS(=O)(=O)CC[Si](C)(C)C. The molecule has 1 atom stereocenters. The number of carbonyl (C=O) groups is 1. The van der Waals surface area contributed by atoms with Crippen molar-refractivity contribution in [3.8, 4) is 22.6 Å². The summed E-state index contributed by atoms with van der Waals surface area (Å²) in [5.74, 6) is -0.739. The van der Waals surface area contributed by atoms with Crippen LogP contribution in [0.25, 0.3) is 22.6 Å². The van der Waals surface area contributed by atoms with Gasteiger partial charge >= 0.3 is 11.7 Å². The molecule has 0 spiro atoms. The number of hydrogen-bond acceptors (Lipinski definition) is 6. The van der Waals surface area contributed by atoms with Crippen molar-refractivity contribution in [3.05, 3.63) is 71.2 Å². The van der Waals surface area contributed by atoms with Crippen LogP contribution in [0, 0.1) is 0 Å². The highest BCUT2D eigenvalue weighted by molar-refractivity contribution is 7.89. The summed E-state index contributed by atoms with van der Waals surface area (Å²) in [6, 6.07) is 18.4. The first-order chi connectivity index (χ1) is 17.0. The average molecular weight is 531 g/mol. The van der Waals surface area contributed by atoms with E-state index in [1.54, 1.807) is 0 Å². The molecule has 0 unspecified atom stereocenters. The molecule has 1 N–H and O–H groups in total. The summed E-state index contributed by atoms with van der Waals surface area (Å²) in [6.45, 7) is 6.52. The minimum Gasteiger partial charge on any atom is -0.468 e. The van der Waals surface area contributed by atoms with Crippen LogP contribution < -0.4 is 10.5 Å². The van der Waals surface area contributed by atoms with Crippen molar-refractivity contribution < 1.29 is 22.4 Å². The molecule has 36 heavy (non-hydrogen) atoms. The molecule has 3 aromatic rings. The van der Waals surface area contributed by atoms with Gasteiger partial charge in [0, 0.05) is 25.7 Å². The Balaban J connectivity index is 1.83. The third-order valence-electron chi connectivity index (χ3n) is 5.78. The fraction of sp³-hybridized carbons (Fsp3) is 0.385. The highest BCUT2D eigenvalue weighted by Crippen LogP contribution is 2.31. The summed E-state index contributed by atoms with van der Waals surface area (Å²) < 4.78 is 39.8. The van der Waals surface area contributed by atoms with E-state index in [1.165, 1.54) is 11.7 Å². The summed E-state index contributed by atoms with van der Waals surface area (Å²) in [5.41, 5.74) is 2.23. The second-order valence-electron chi connectivity index (χ2n) is 9.89. The number of aromatic nitrogens is 1. The lowest BCUT2D eigenvalue weighted by molar-refractivity contribution is -0.142. The van der Waals surface area contributed by atoms with E-state index >= 15 is 0 Å². The Morgan fingerprint density at radius 2 is 1.61 bits per heavy atom. The number of nitrogens with one attached hydrogen (secondary N) is 1. The number of carbonyl (C=O) groups excluding carboxylic acids is 1. The molecule has 0 fully saturated rings. The minimum atomic E-state index is -3.66. The number of sulfonamides is 1. The molecule has 194 valence electrons. The molecule has 1 heterocycles. The molecular weight excluding hydrogens is 496 g/mol. The maximum absolute atomic E-state index is 12.9. The van der Waals surface area contributed by atoms with Crippen molar-refractivity contribution in [3.63, 3.8) is 0 Å². The average Bonchev–Trinajstić information content (AvgIpc) is 3.18. The third-order valence-corrected chi connectivity index (χ3v) is 9.28. The van der Waals surface area contributed by atoms with Gasteiger partial charge in [-0.15, -0.1) is 0 Å². The molecule has 2 aromatic carbocycles. The van der Waals surface area contributed by atoms with E-state index in [2.05, 4.69) is 24.4 Å². The normalized spacial score (nSPS) is 12.9. The standard InChI is InChI=1S/C26H34N2O6SSi/c1-33-25(29)22(27-35(31,32)18-19-36(2,3)4)16-11-17-28-23(20-12-7-5-8-13-20)24(34-26(28)30)21-14-9-6-10-15-21/h5-10,12-15,22,27H,11,16-19H2,1-4H3/t22-/m0/s1. The first kappa shape index (κ1) is 27.6. The highest BCUT2D eigenvalue weighted by atomic mass is 32.2. The van der Waals surface area contributed by atoms with Gasteiger partial charge < -0.3 is 9.15 Å². The van der Waals surface area contributed by atoms with Crippen molar-refractivity contribution in [1.82, 2.24) is 9.29 Å². The Kier molecular flexibility index (Phi) is 9.10. The molecule has 0 saturated carbocycles. The molecule has 3 rings (SSSR count).